The number of amides is 3. The lowest BCUT2D eigenvalue weighted by Crippen LogP contribution is -2.59. The van der Waals surface area contributed by atoms with Gasteiger partial charge in [-0.1, -0.05) is 44.2 Å². The fourth-order valence-electron chi connectivity index (χ4n) is 3.09. The van der Waals surface area contributed by atoms with Crippen molar-refractivity contribution < 1.29 is 24.3 Å². The molecule has 0 saturated heterocycles. The number of nitrogens with two attached hydrogens (primary N) is 1. The summed E-state index contributed by atoms with van der Waals surface area (Å²) in [5.41, 5.74) is 6.70. The maximum Gasteiger partial charge on any atom is 0.327 e. The van der Waals surface area contributed by atoms with Crippen LogP contribution in [-0.2, 0) is 25.6 Å². The molecule has 0 aliphatic carbocycles. The fraction of sp³-hybridized carbons (Fsp3) is 0.524. The lowest BCUT2D eigenvalue weighted by Gasteiger charge is -2.32. The van der Waals surface area contributed by atoms with Gasteiger partial charge in [-0.05, 0) is 36.3 Å². The van der Waals surface area contributed by atoms with E-state index in [1.165, 1.54) is 11.8 Å². The van der Waals surface area contributed by atoms with Gasteiger partial charge in [0.2, 0.25) is 12.3 Å². The van der Waals surface area contributed by atoms with Crippen molar-refractivity contribution in [3.63, 3.8) is 0 Å². The van der Waals surface area contributed by atoms with Crippen molar-refractivity contribution in [3.8, 4) is 0 Å². The van der Waals surface area contributed by atoms with Gasteiger partial charge in [-0.25, -0.2) is 4.79 Å². The SMILES string of the molecule is CSCCC(NC=O)C(=O)N(C(=O)C(N)CC(C)C)C(Cc1ccccc1)C(=O)O. The number of thioether (sulfide) groups is 1. The number of nitrogens with one attached hydrogen (secondary N) is 1. The molecule has 9 heteroatoms. The van der Waals surface area contributed by atoms with Gasteiger partial charge in [-0.2, -0.15) is 11.8 Å². The maximum absolute atomic E-state index is 13.3. The average molecular weight is 438 g/mol. The van der Waals surface area contributed by atoms with Gasteiger partial charge in [0.15, 0.2) is 0 Å². The lowest BCUT2D eigenvalue weighted by atomic mass is 9.99. The van der Waals surface area contributed by atoms with Gasteiger partial charge < -0.3 is 16.2 Å². The molecule has 1 aromatic carbocycles. The van der Waals surface area contributed by atoms with Crippen LogP contribution in [-0.4, -0.2) is 64.3 Å². The highest BCUT2D eigenvalue weighted by Gasteiger charge is 2.40. The predicted molar refractivity (Wildman–Crippen MR) is 117 cm³/mol. The van der Waals surface area contributed by atoms with Crippen molar-refractivity contribution >= 4 is 36.0 Å². The first-order chi connectivity index (χ1) is 14.2. The predicted octanol–water partition coefficient (Wildman–Crippen LogP) is 1.28. The number of carbonyl (C=O) groups is 4. The molecule has 166 valence electrons. The molecule has 0 aromatic heterocycles. The molecule has 0 aliphatic rings. The molecule has 0 saturated carbocycles. The highest BCUT2D eigenvalue weighted by molar-refractivity contribution is 7.98. The third-order valence-corrected chi connectivity index (χ3v) is 5.21. The Morgan fingerprint density at radius 3 is 2.33 bits per heavy atom. The van der Waals surface area contributed by atoms with Crippen LogP contribution in [0.4, 0.5) is 0 Å². The molecule has 0 radical (unpaired) electrons. The number of benzene rings is 1. The van der Waals surface area contributed by atoms with Crippen molar-refractivity contribution in [3.05, 3.63) is 35.9 Å². The first-order valence-electron chi connectivity index (χ1n) is 9.80. The van der Waals surface area contributed by atoms with Crippen LogP contribution in [0.1, 0.15) is 32.3 Å². The van der Waals surface area contributed by atoms with Crippen LogP contribution in [0.25, 0.3) is 0 Å². The van der Waals surface area contributed by atoms with E-state index >= 15 is 0 Å². The molecule has 3 amide bonds. The number of carboxylic acid groups (broad SMARTS) is 1. The van der Waals surface area contributed by atoms with E-state index in [2.05, 4.69) is 5.32 Å². The van der Waals surface area contributed by atoms with Crippen molar-refractivity contribution in [2.24, 2.45) is 11.7 Å². The Bertz CT molecular complexity index is 714. The van der Waals surface area contributed by atoms with E-state index in [0.29, 0.717) is 24.1 Å². The van der Waals surface area contributed by atoms with Gasteiger partial charge in [-0.15, -0.1) is 0 Å². The smallest absolute Gasteiger partial charge is 0.327 e. The molecule has 3 atom stereocenters. The third kappa shape index (κ3) is 7.79. The van der Waals surface area contributed by atoms with Gasteiger partial charge >= 0.3 is 5.97 Å². The second-order valence-electron chi connectivity index (χ2n) is 7.44. The maximum atomic E-state index is 13.3. The zero-order valence-corrected chi connectivity index (χ0v) is 18.4. The summed E-state index contributed by atoms with van der Waals surface area (Å²) in [4.78, 5) is 50.3. The van der Waals surface area contributed by atoms with Crippen molar-refractivity contribution in [1.29, 1.82) is 0 Å². The minimum atomic E-state index is -1.43. The van der Waals surface area contributed by atoms with Crippen LogP contribution in [0.5, 0.6) is 0 Å². The van der Waals surface area contributed by atoms with Crippen molar-refractivity contribution in [2.45, 2.75) is 51.2 Å². The summed E-state index contributed by atoms with van der Waals surface area (Å²) in [6, 6.07) is 5.28. The molecule has 4 N–H and O–H groups in total. The molecule has 30 heavy (non-hydrogen) atoms. The quantitative estimate of drug-likeness (QED) is 0.396. The molecular formula is C21H31N3O5S. The van der Waals surface area contributed by atoms with E-state index < -0.39 is 35.9 Å². The lowest BCUT2D eigenvalue weighted by molar-refractivity contribution is -0.160. The minimum Gasteiger partial charge on any atom is -0.480 e. The summed E-state index contributed by atoms with van der Waals surface area (Å²) in [5, 5.41) is 12.3. The van der Waals surface area contributed by atoms with Gasteiger partial charge in [0.1, 0.15) is 12.1 Å². The van der Waals surface area contributed by atoms with Gasteiger partial charge in [-0.3, -0.25) is 19.3 Å². The summed E-state index contributed by atoms with van der Waals surface area (Å²) in [6.45, 7) is 3.76. The number of hydrogen-bond donors (Lipinski definition) is 3. The highest BCUT2D eigenvalue weighted by atomic mass is 32.2. The first-order valence-corrected chi connectivity index (χ1v) is 11.2. The minimum absolute atomic E-state index is 0.0572. The standard InChI is InChI=1S/C21H31N3O5S/c1-14(2)11-16(22)19(26)24(20(27)17(23-13-25)9-10-30-3)18(21(28)29)12-15-7-5-4-6-8-15/h4-8,13-14,16-18H,9-12,22H2,1-3H3,(H,23,25)(H,28,29). The van der Waals surface area contributed by atoms with E-state index in [1.54, 1.807) is 30.3 Å². The molecule has 0 spiro atoms. The third-order valence-electron chi connectivity index (χ3n) is 4.56. The number of hydrogen-bond acceptors (Lipinski definition) is 6. The summed E-state index contributed by atoms with van der Waals surface area (Å²) in [7, 11) is 0. The van der Waals surface area contributed by atoms with E-state index in [4.69, 9.17) is 5.73 Å². The Hall–Kier alpha value is -2.39. The molecule has 1 aromatic rings. The number of aliphatic carboxylic acids is 1. The highest BCUT2D eigenvalue weighted by Crippen LogP contribution is 2.17. The van der Waals surface area contributed by atoms with E-state index in [0.717, 1.165) is 4.90 Å². The molecule has 1 rings (SSSR count). The van der Waals surface area contributed by atoms with Crippen LogP contribution >= 0.6 is 11.8 Å². The topological polar surface area (TPSA) is 130 Å². The summed E-state index contributed by atoms with van der Waals surface area (Å²) in [5.74, 6) is -2.19. The second-order valence-corrected chi connectivity index (χ2v) is 8.43. The number of nitrogens with zero attached hydrogens (tertiary/aromatic N) is 1. The molecule has 3 unspecified atom stereocenters. The fourth-order valence-corrected chi connectivity index (χ4v) is 3.56. The summed E-state index contributed by atoms with van der Waals surface area (Å²) in [6.07, 6.45) is 2.74. The van der Waals surface area contributed by atoms with Crippen molar-refractivity contribution in [1.82, 2.24) is 10.2 Å². The second kappa shape index (κ2) is 13.0. The average Bonchev–Trinajstić information content (AvgIpc) is 2.70. The van der Waals surface area contributed by atoms with Crippen LogP contribution in [0, 0.1) is 5.92 Å². The summed E-state index contributed by atoms with van der Waals surface area (Å²) >= 11 is 1.47. The Kier molecular flexibility index (Phi) is 11.1. The van der Waals surface area contributed by atoms with Crippen LogP contribution in [0.2, 0.25) is 0 Å². The first kappa shape index (κ1) is 25.6. The van der Waals surface area contributed by atoms with E-state index in [9.17, 15) is 24.3 Å². The summed E-state index contributed by atoms with van der Waals surface area (Å²) < 4.78 is 0. The normalized spacial score (nSPS) is 13.9. The molecule has 0 heterocycles. The van der Waals surface area contributed by atoms with Gasteiger partial charge in [0, 0.05) is 6.42 Å². The number of imide groups is 1. The molecule has 0 aliphatic heterocycles. The Balaban J connectivity index is 3.33. The molecular weight excluding hydrogens is 406 g/mol. The Morgan fingerprint density at radius 2 is 1.83 bits per heavy atom. The van der Waals surface area contributed by atoms with Gasteiger partial charge in [0.25, 0.3) is 5.91 Å². The monoisotopic (exact) mass is 437 g/mol. The number of carbonyl (C=O) groups excluding carboxylic acids is 3. The zero-order valence-electron chi connectivity index (χ0n) is 17.6. The largest absolute Gasteiger partial charge is 0.480 e. The molecule has 0 bridgehead atoms. The van der Waals surface area contributed by atoms with Crippen LogP contribution < -0.4 is 11.1 Å². The molecule has 0 fully saturated rings. The Morgan fingerprint density at radius 1 is 1.20 bits per heavy atom. The van der Waals surface area contributed by atoms with Crippen LogP contribution in [0.3, 0.4) is 0 Å². The molecule has 8 nitrogen and oxygen atoms in total. The number of carboxylic acids is 1. The Labute approximate surface area is 181 Å². The van der Waals surface area contributed by atoms with Gasteiger partial charge in [0.05, 0.1) is 6.04 Å². The zero-order chi connectivity index (χ0) is 22.7. The van der Waals surface area contributed by atoms with E-state index in [1.807, 2.05) is 20.1 Å². The van der Waals surface area contributed by atoms with Crippen molar-refractivity contribution in [2.75, 3.05) is 12.0 Å². The van der Waals surface area contributed by atoms with Crippen LogP contribution in [0.15, 0.2) is 30.3 Å². The van der Waals surface area contributed by atoms with E-state index in [-0.39, 0.29) is 18.8 Å². The number of rotatable bonds is 13.